The van der Waals surface area contributed by atoms with Crippen molar-refractivity contribution in [2.24, 2.45) is 5.84 Å². The van der Waals surface area contributed by atoms with Crippen molar-refractivity contribution in [2.75, 3.05) is 13.2 Å². The molecule has 1 amide bonds. The van der Waals surface area contributed by atoms with Gasteiger partial charge in [-0.3, -0.25) is 10.2 Å². The molecule has 0 fully saturated rings. The van der Waals surface area contributed by atoms with Gasteiger partial charge >= 0.3 is 0 Å². The smallest absolute Gasteiger partial charge is 0.233 e. The van der Waals surface area contributed by atoms with Crippen molar-refractivity contribution in [3.63, 3.8) is 0 Å². The van der Waals surface area contributed by atoms with Gasteiger partial charge in [-0.1, -0.05) is 12.5 Å². The second-order valence-electron chi connectivity index (χ2n) is 3.42. The maximum Gasteiger partial charge on any atom is 0.233 e. The van der Waals surface area contributed by atoms with Gasteiger partial charge < -0.3 is 4.74 Å². The molecule has 0 saturated carbocycles. The normalized spacial score (nSPS) is 9.93. The van der Waals surface area contributed by atoms with Crippen molar-refractivity contribution >= 4 is 5.91 Å². The number of hydrogen-bond donors (Lipinski definition) is 2. The first-order valence-electron chi connectivity index (χ1n) is 5.49. The number of carbonyl (C=O) groups is 1. The van der Waals surface area contributed by atoms with Crippen LogP contribution in [0.5, 0.6) is 0 Å². The molecule has 0 aliphatic rings. The van der Waals surface area contributed by atoms with E-state index < -0.39 is 0 Å². The lowest BCUT2D eigenvalue weighted by molar-refractivity contribution is -0.121. The first-order chi connectivity index (χ1) is 7.31. The molecule has 15 heavy (non-hydrogen) atoms. The number of nitrogens with two attached hydrogens (primary N) is 1. The van der Waals surface area contributed by atoms with Gasteiger partial charge in [-0.25, -0.2) is 5.84 Å². The highest BCUT2D eigenvalue weighted by Gasteiger charge is 1.97. The second-order valence-corrected chi connectivity index (χ2v) is 3.42. The fourth-order valence-electron chi connectivity index (χ4n) is 1.17. The molecule has 0 bridgehead atoms. The van der Waals surface area contributed by atoms with Gasteiger partial charge in [0.05, 0.1) is 0 Å². The van der Waals surface area contributed by atoms with E-state index in [2.05, 4.69) is 12.0 Å². The van der Waals surface area contributed by atoms with Crippen LogP contribution >= 0.6 is 0 Å². The fourth-order valence-corrected chi connectivity index (χ4v) is 1.17. The second kappa shape index (κ2) is 11.2. The molecule has 0 aliphatic heterocycles. The maximum atomic E-state index is 10.7. The minimum absolute atomic E-state index is 0.0955. The predicted octanol–water partition coefficient (Wildman–Crippen LogP) is 1.52. The third-order valence-corrected chi connectivity index (χ3v) is 2.05. The molecule has 0 saturated heterocycles. The van der Waals surface area contributed by atoms with Crippen molar-refractivity contribution < 1.29 is 9.53 Å². The van der Waals surface area contributed by atoms with Gasteiger partial charge in [0.25, 0.3) is 0 Å². The summed E-state index contributed by atoms with van der Waals surface area (Å²) in [5.41, 5.74) is 2.11. The van der Waals surface area contributed by atoms with Crippen LogP contribution in [-0.2, 0) is 9.53 Å². The highest BCUT2D eigenvalue weighted by Crippen LogP contribution is 2.00. The Labute approximate surface area is 91.8 Å². The number of amides is 1. The van der Waals surface area contributed by atoms with Crippen molar-refractivity contribution in [2.45, 2.75) is 38.5 Å². The number of hydrazine groups is 1. The molecule has 0 aromatic rings. The number of ether oxygens (including phenoxy) is 1. The van der Waals surface area contributed by atoms with Crippen LogP contribution < -0.4 is 11.3 Å². The molecule has 0 aliphatic carbocycles. The van der Waals surface area contributed by atoms with Crippen LogP contribution in [0, 0.1) is 0 Å². The highest BCUT2D eigenvalue weighted by molar-refractivity contribution is 5.74. The molecule has 0 radical (unpaired) electrons. The molecule has 0 heterocycles. The lowest BCUT2D eigenvalue weighted by Gasteiger charge is -2.03. The van der Waals surface area contributed by atoms with E-state index in [1.165, 1.54) is 0 Å². The van der Waals surface area contributed by atoms with E-state index in [0.29, 0.717) is 6.42 Å². The summed E-state index contributed by atoms with van der Waals surface area (Å²) in [4.78, 5) is 10.7. The molecule has 4 nitrogen and oxygen atoms in total. The maximum absolute atomic E-state index is 10.7. The minimum atomic E-state index is -0.0955. The summed E-state index contributed by atoms with van der Waals surface area (Å²) in [6.07, 6.45) is 7.34. The van der Waals surface area contributed by atoms with Crippen molar-refractivity contribution in [1.82, 2.24) is 5.43 Å². The molecule has 0 spiro atoms. The lowest BCUT2D eigenvalue weighted by atomic mass is 10.2. The Hall–Kier alpha value is -0.870. The first-order valence-corrected chi connectivity index (χ1v) is 5.49. The van der Waals surface area contributed by atoms with Gasteiger partial charge in [-0.15, -0.1) is 6.58 Å². The number of hydrogen-bond acceptors (Lipinski definition) is 3. The van der Waals surface area contributed by atoms with Crippen molar-refractivity contribution in [1.29, 1.82) is 0 Å². The summed E-state index contributed by atoms with van der Waals surface area (Å²) in [6.45, 7) is 5.22. The molecule has 3 N–H and O–H groups in total. The molecular formula is C11H22N2O2. The van der Waals surface area contributed by atoms with Gasteiger partial charge in [-0.05, 0) is 25.7 Å². The Morgan fingerprint density at radius 2 is 2.00 bits per heavy atom. The minimum Gasteiger partial charge on any atom is -0.381 e. The number of nitrogens with one attached hydrogen (secondary N) is 1. The highest BCUT2D eigenvalue weighted by atomic mass is 16.5. The Morgan fingerprint density at radius 3 is 2.67 bits per heavy atom. The van der Waals surface area contributed by atoms with Gasteiger partial charge in [0.1, 0.15) is 0 Å². The van der Waals surface area contributed by atoms with E-state index in [9.17, 15) is 4.79 Å². The predicted molar refractivity (Wildman–Crippen MR) is 61.0 cm³/mol. The van der Waals surface area contributed by atoms with E-state index in [0.717, 1.165) is 45.3 Å². The largest absolute Gasteiger partial charge is 0.381 e. The Morgan fingerprint density at radius 1 is 1.27 bits per heavy atom. The number of rotatable bonds is 10. The molecule has 0 rings (SSSR count). The number of carbonyl (C=O) groups excluding carboxylic acids is 1. The van der Waals surface area contributed by atoms with Crippen LogP contribution in [0.3, 0.4) is 0 Å². The zero-order chi connectivity index (χ0) is 11.4. The molecule has 0 unspecified atom stereocenters. The molecular weight excluding hydrogens is 192 g/mol. The zero-order valence-electron chi connectivity index (χ0n) is 9.34. The summed E-state index contributed by atoms with van der Waals surface area (Å²) in [6, 6.07) is 0. The standard InChI is InChI=1S/C11H22N2O2/c1-2-3-6-9-15-10-7-4-5-8-11(14)13-12/h2H,1,3-10,12H2,(H,13,14). The fraction of sp³-hybridized carbons (Fsp3) is 0.727. The Bertz CT molecular complexity index is 172. The van der Waals surface area contributed by atoms with Crippen LogP contribution in [0.25, 0.3) is 0 Å². The van der Waals surface area contributed by atoms with E-state index in [4.69, 9.17) is 10.6 Å². The molecule has 4 heteroatoms. The molecule has 0 aromatic heterocycles. The quantitative estimate of drug-likeness (QED) is 0.190. The van der Waals surface area contributed by atoms with Crippen LogP contribution in [0.4, 0.5) is 0 Å². The van der Waals surface area contributed by atoms with Crippen LogP contribution in [0.1, 0.15) is 38.5 Å². The van der Waals surface area contributed by atoms with Crippen LogP contribution in [0.2, 0.25) is 0 Å². The van der Waals surface area contributed by atoms with Crippen molar-refractivity contribution in [3.05, 3.63) is 12.7 Å². The third-order valence-electron chi connectivity index (χ3n) is 2.05. The monoisotopic (exact) mass is 214 g/mol. The third kappa shape index (κ3) is 11.1. The Balaban J connectivity index is 2.98. The van der Waals surface area contributed by atoms with Crippen LogP contribution in [0.15, 0.2) is 12.7 Å². The average molecular weight is 214 g/mol. The van der Waals surface area contributed by atoms with E-state index >= 15 is 0 Å². The topological polar surface area (TPSA) is 64.3 Å². The van der Waals surface area contributed by atoms with E-state index in [1.54, 1.807) is 0 Å². The zero-order valence-corrected chi connectivity index (χ0v) is 9.34. The van der Waals surface area contributed by atoms with Gasteiger partial charge in [-0.2, -0.15) is 0 Å². The summed E-state index contributed by atoms with van der Waals surface area (Å²) in [5.74, 6) is 4.85. The SMILES string of the molecule is C=CCCCOCCCCCC(=O)NN. The number of allylic oxidation sites excluding steroid dienone is 1. The van der Waals surface area contributed by atoms with E-state index in [1.807, 2.05) is 6.08 Å². The summed E-state index contributed by atoms with van der Waals surface area (Å²) in [5, 5.41) is 0. The Kier molecular flexibility index (Phi) is 10.6. The molecule has 0 aromatic carbocycles. The van der Waals surface area contributed by atoms with Gasteiger partial charge in [0, 0.05) is 19.6 Å². The summed E-state index contributed by atoms with van der Waals surface area (Å²) >= 11 is 0. The molecule has 88 valence electrons. The number of unbranched alkanes of at least 4 members (excludes halogenated alkanes) is 3. The van der Waals surface area contributed by atoms with E-state index in [-0.39, 0.29) is 5.91 Å². The summed E-state index contributed by atoms with van der Waals surface area (Å²) < 4.78 is 5.40. The van der Waals surface area contributed by atoms with Gasteiger partial charge in [0.15, 0.2) is 0 Å². The van der Waals surface area contributed by atoms with Crippen molar-refractivity contribution in [3.8, 4) is 0 Å². The average Bonchev–Trinajstić information content (AvgIpc) is 2.26. The molecule has 0 atom stereocenters. The lowest BCUT2D eigenvalue weighted by Crippen LogP contribution is -2.29. The summed E-state index contributed by atoms with van der Waals surface area (Å²) in [7, 11) is 0. The first kappa shape index (κ1) is 14.1. The van der Waals surface area contributed by atoms with Gasteiger partial charge in [0.2, 0.25) is 5.91 Å². The van der Waals surface area contributed by atoms with Crippen LogP contribution in [-0.4, -0.2) is 19.1 Å².